The summed E-state index contributed by atoms with van der Waals surface area (Å²) in [6.45, 7) is 2.31. The van der Waals surface area contributed by atoms with Gasteiger partial charge in [-0.2, -0.15) is 0 Å². The van der Waals surface area contributed by atoms with Crippen molar-refractivity contribution in [3.8, 4) is 0 Å². The van der Waals surface area contributed by atoms with Gasteiger partial charge in [-0.15, -0.1) is 0 Å². The Morgan fingerprint density at radius 1 is 1.08 bits per heavy atom. The monoisotopic (exact) mass is 525 g/mol. The molecule has 2 aromatic carbocycles. The maximum Gasteiger partial charge on any atom is 0.356 e. The molecule has 1 atom stereocenters. The Kier molecular flexibility index (Phi) is 8.27. The molecule has 1 fully saturated rings. The van der Waals surface area contributed by atoms with Crippen molar-refractivity contribution in [2.75, 3.05) is 13.1 Å². The Morgan fingerprint density at radius 2 is 1.84 bits per heavy atom. The van der Waals surface area contributed by atoms with Gasteiger partial charge in [0.05, 0.1) is 5.30 Å². The number of benzene rings is 2. The minimum atomic E-state index is -4.50. The summed E-state index contributed by atoms with van der Waals surface area (Å²) in [5.74, 6) is -0.670. The number of carbonyl (C=O) groups excluding carboxylic acids is 3. The molecule has 1 aliphatic rings. The highest BCUT2D eigenvalue weighted by atomic mass is 31.2. The van der Waals surface area contributed by atoms with Gasteiger partial charge in [0.1, 0.15) is 12.6 Å². The average Bonchev–Trinajstić information content (AvgIpc) is 3.49. The van der Waals surface area contributed by atoms with Gasteiger partial charge in [-0.25, -0.2) is 0 Å². The first-order valence-electron chi connectivity index (χ1n) is 12.5. The molecule has 0 saturated carbocycles. The number of fused-ring (bicyclic) bond motifs is 1. The number of carbonyl (C=O) groups is 3. The van der Waals surface area contributed by atoms with Crippen molar-refractivity contribution in [2.24, 2.45) is 0 Å². The van der Waals surface area contributed by atoms with Crippen molar-refractivity contribution in [1.82, 2.24) is 14.8 Å². The summed E-state index contributed by atoms with van der Waals surface area (Å²) in [4.78, 5) is 58.9. The molecule has 4 rings (SSSR count). The fraction of sp³-hybridized carbons (Fsp3) is 0.370. The molecule has 0 spiro atoms. The van der Waals surface area contributed by atoms with E-state index in [9.17, 15) is 28.7 Å². The molecular formula is C27H32N3O6P. The number of likely N-dealkylation sites (tertiary alicyclic amines) is 1. The molecule has 0 aliphatic carbocycles. The van der Waals surface area contributed by atoms with Crippen LogP contribution in [0.2, 0.25) is 0 Å². The van der Waals surface area contributed by atoms with Gasteiger partial charge in [-0.1, -0.05) is 30.3 Å². The number of nitrogens with one attached hydrogen (secondary N) is 1. The molecule has 10 heteroatoms. The predicted molar refractivity (Wildman–Crippen MR) is 141 cm³/mol. The first kappa shape index (κ1) is 26.8. The number of hydrogen-bond donors (Lipinski definition) is 3. The van der Waals surface area contributed by atoms with E-state index in [4.69, 9.17) is 0 Å². The van der Waals surface area contributed by atoms with Crippen molar-refractivity contribution in [3.05, 3.63) is 65.9 Å². The SMILES string of the molecule is CC(=O)c1cn(CC(=O)N2CCC[C@H]2C(=O)NCCCCc2ccccc2)c2ccc(P(=O)(O)O)cc12. The molecule has 37 heavy (non-hydrogen) atoms. The topological polar surface area (TPSA) is 129 Å². The van der Waals surface area contributed by atoms with E-state index < -0.39 is 13.6 Å². The Morgan fingerprint density at radius 3 is 2.54 bits per heavy atom. The second-order valence-corrected chi connectivity index (χ2v) is 11.1. The van der Waals surface area contributed by atoms with E-state index in [-0.39, 0.29) is 35.0 Å². The van der Waals surface area contributed by atoms with Crippen LogP contribution in [0.4, 0.5) is 0 Å². The van der Waals surface area contributed by atoms with Gasteiger partial charge in [0.2, 0.25) is 11.8 Å². The third-order valence-corrected chi connectivity index (χ3v) is 7.75. The first-order valence-corrected chi connectivity index (χ1v) is 14.1. The molecule has 0 unspecified atom stereocenters. The van der Waals surface area contributed by atoms with Crippen LogP contribution in [0.3, 0.4) is 0 Å². The van der Waals surface area contributed by atoms with E-state index >= 15 is 0 Å². The molecule has 9 nitrogen and oxygen atoms in total. The van der Waals surface area contributed by atoms with Crippen molar-refractivity contribution in [2.45, 2.75) is 51.6 Å². The van der Waals surface area contributed by atoms with E-state index in [0.717, 1.165) is 25.7 Å². The molecule has 196 valence electrons. The van der Waals surface area contributed by atoms with Crippen LogP contribution in [0.25, 0.3) is 10.9 Å². The number of ketones is 1. The maximum absolute atomic E-state index is 13.2. The summed E-state index contributed by atoms with van der Waals surface area (Å²) in [6.07, 6.45) is 5.62. The molecule has 0 radical (unpaired) electrons. The summed E-state index contributed by atoms with van der Waals surface area (Å²) < 4.78 is 13.3. The van der Waals surface area contributed by atoms with Crippen molar-refractivity contribution < 1.29 is 28.7 Å². The molecule has 2 heterocycles. The second kappa shape index (κ2) is 11.4. The number of rotatable bonds is 10. The fourth-order valence-electron chi connectivity index (χ4n) is 4.88. The zero-order valence-electron chi connectivity index (χ0n) is 20.8. The largest absolute Gasteiger partial charge is 0.356 e. The standard InChI is InChI=1S/C27H32N3O6P/c1-19(31)23-17-29(24-13-12-21(16-22(23)24)37(34,35)36)18-26(32)30-15-7-11-25(30)27(33)28-14-6-5-10-20-8-3-2-4-9-20/h2-4,8-9,12-13,16-17,25H,5-7,10-11,14-15,18H2,1H3,(H,28,33)(H2,34,35,36)/t25-/m0/s1. The highest BCUT2D eigenvalue weighted by Gasteiger charge is 2.34. The van der Waals surface area contributed by atoms with Gasteiger partial charge < -0.3 is 24.6 Å². The van der Waals surface area contributed by atoms with E-state index in [0.29, 0.717) is 30.4 Å². The van der Waals surface area contributed by atoms with Gasteiger partial charge in [-0.05, 0) is 62.8 Å². The van der Waals surface area contributed by atoms with Crippen molar-refractivity contribution in [3.63, 3.8) is 0 Å². The molecule has 3 N–H and O–H groups in total. The lowest BCUT2D eigenvalue weighted by atomic mass is 10.1. The first-order chi connectivity index (χ1) is 17.6. The van der Waals surface area contributed by atoms with Crippen LogP contribution in [-0.2, 0) is 27.1 Å². The Hall–Kier alpha value is -3.26. The molecule has 1 aromatic heterocycles. The number of nitrogens with zero attached hydrogens (tertiary/aromatic N) is 2. The Balaban J connectivity index is 1.39. The highest BCUT2D eigenvalue weighted by molar-refractivity contribution is 7.60. The van der Waals surface area contributed by atoms with E-state index in [1.54, 1.807) is 9.47 Å². The lowest BCUT2D eigenvalue weighted by Crippen LogP contribution is -2.47. The number of amides is 2. The van der Waals surface area contributed by atoms with Crippen molar-refractivity contribution in [1.29, 1.82) is 0 Å². The second-order valence-electron chi connectivity index (χ2n) is 9.45. The summed E-state index contributed by atoms with van der Waals surface area (Å²) in [7, 11) is -4.50. The number of hydrogen-bond acceptors (Lipinski definition) is 4. The Bertz CT molecular complexity index is 1350. The lowest BCUT2D eigenvalue weighted by molar-refractivity contribution is -0.138. The third kappa shape index (κ3) is 6.36. The number of Topliss-reactive ketones (excluding diaryl/α,β-unsaturated/α-hetero) is 1. The summed E-state index contributed by atoms with van der Waals surface area (Å²) in [5, 5.41) is 3.16. The number of unbranched alkanes of at least 4 members (excludes halogenated alkanes) is 1. The van der Waals surface area contributed by atoms with Gasteiger partial charge in [-0.3, -0.25) is 18.9 Å². The van der Waals surface area contributed by atoms with Gasteiger partial charge >= 0.3 is 7.60 Å². The normalized spacial score (nSPS) is 15.8. The molecule has 2 amide bonds. The molecule has 1 aliphatic heterocycles. The zero-order chi connectivity index (χ0) is 26.6. The minimum Gasteiger partial charge on any atom is -0.354 e. The molecular weight excluding hydrogens is 493 g/mol. The minimum absolute atomic E-state index is 0.0834. The summed E-state index contributed by atoms with van der Waals surface area (Å²) >= 11 is 0. The fourth-order valence-corrected chi connectivity index (χ4v) is 5.45. The molecule has 0 bridgehead atoms. The molecule has 1 saturated heterocycles. The van der Waals surface area contributed by atoms with Crippen LogP contribution < -0.4 is 10.6 Å². The molecule has 3 aromatic rings. The predicted octanol–water partition coefficient (Wildman–Crippen LogP) is 2.78. The Labute approximate surface area is 215 Å². The smallest absolute Gasteiger partial charge is 0.354 e. The number of aromatic nitrogens is 1. The lowest BCUT2D eigenvalue weighted by Gasteiger charge is -2.24. The zero-order valence-corrected chi connectivity index (χ0v) is 21.7. The van der Waals surface area contributed by atoms with Crippen LogP contribution >= 0.6 is 7.60 Å². The van der Waals surface area contributed by atoms with E-state index in [2.05, 4.69) is 17.4 Å². The summed E-state index contributed by atoms with van der Waals surface area (Å²) in [5.41, 5.74) is 2.07. The van der Waals surface area contributed by atoms with Gasteiger partial charge in [0.25, 0.3) is 0 Å². The van der Waals surface area contributed by atoms with Gasteiger partial charge in [0.15, 0.2) is 5.78 Å². The van der Waals surface area contributed by atoms with E-state index in [1.807, 2.05) is 18.2 Å². The highest BCUT2D eigenvalue weighted by Crippen LogP contribution is 2.35. The quantitative estimate of drug-likeness (QED) is 0.212. The van der Waals surface area contributed by atoms with Crippen LogP contribution in [0.15, 0.2) is 54.7 Å². The third-order valence-electron chi connectivity index (χ3n) is 6.80. The average molecular weight is 526 g/mol. The van der Waals surface area contributed by atoms with Crippen LogP contribution in [0.5, 0.6) is 0 Å². The van der Waals surface area contributed by atoms with Crippen LogP contribution in [-0.4, -0.2) is 56.0 Å². The van der Waals surface area contributed by atoms with Crippen molar-refractivity contribution >= 4 is 41.4 Å². The number of aryl methyl sites for hydroxylation is 1. The summed E-state index contributed by atoms with van der Waals surface area (Å²) in [6, 6.07) is 13.8. The maximum atomic E-state index is 13.2. The van der Waals surface area contributed by atoms with Crippen LogP contribution in [0.1, 0.15) is 48.5 Å². The van der Waals surface area contributed by atoms with Gasteiger partial charge in [0, 0.05) is 35.8 Å². The van der Waals surface area contributed by atoms with E-state index in [1.165, 1.54) is 36.9 Å². The van der Waals surface area contributed by atoms with Crippen LogP contribution in [0, 0.1) is 0 Å².